The number of aryl methyl sites for hydroxylation is 1. The zero-order chi connectivity index (χ0) is 13.8. The highest BCUT2D eigenvalue weighted by atomic mass is 35.5. The molecule has 0 fully saturated rings. The first-order chi connectivity index (χ1) is 9.11. The third-order valence-corrected chi connectivity index (χ3v) is 3.45. The highest BCUT2D eigenvalue weighted by molar-refractivity contribution is 6.31. The molecule has 1 atom stereocenters. The van der Waals surface area contributed by atoms with Gasteiger partial charge in [0, 0.05) is 18.3 Å². The lowest BCUT2D eigenvalue weighted by molar-refractivity contribution is 0.520. The number of halogens is 2. The predicted molar refractivity (Wildman–Crippen MR) is 74.7 cm³/mol. The normalized spacial score (nSPS) is 12.6. The maximum absolute atomic E-state index is 13.1. The third kappa shape index (κ3) is 3.33. The topological polar surface area (TPSA) is 29.9 Å². The van der Waals surface area contributed by atoms with Gasteiger partial charge in [-0.1, -0.05) is 24.6 Å². The molecular weight excluding hydrogens is 265 g/mol. The lowest BCUT2D eigenvalue weighted by Gasteiger charge is -2.19. The van der Waals surface area contributed by atoms with Crippen LogP contribution in [0.3, 0.4) is 0 Å². The molecule has 0 spiro atoms. The number of hydrogen-bond acceptors (Lipinski definition) is 2. The number of likely N-dealkylation sites (N-methyl/N-ethyl adjacent to an activating group) is 1. The van der Waals surface area contributed by atoms with Crippen molar-refractivity contribution in [3.8, 4) is 0 Å². The molecule has 0 aliphatic heterocycles. The second-order valence-electron chi connectivity index (χ2n) is 4.48. The van der Waals surface area contributed by atoms with Crippen LogP contribution in [0.15, 0.2) is 30.7 Å². The highest BCUT2D eigenvalue weighted by Crippen LogP contribution is 2.24. The second-order valence-corrected chi connectivity index (χ2v) is 4.89. The molecule has 5 heteroatoms. The molecule has 1 aromatic heterocycles. The minimum absolute atomic E-state index is 0.112. The summed E-state index contributed by atoms with van der Waals surface area (Å²) in [6.45, 7) is 2.89. The Kier molecular flexibility index (Phi) is 4.56. The van der Waals surface area contributed by atoms with Gasteiger partial charge in [0.05, 0.1) is 18.1 Å². The van der Waals surface area contributed by atoms with E-state index in [1.807, 2.05) is 17.8 Å². The fourth-order valence-electron chi connectivity index (χ4n) is 2.14. The van der Waals surface area contributed by atoms with Crippen molar-refractivity contribution >= 4 is 11.6 Å². The van der Waals surface area contributed by atoms with Crippen LogP contribution >= 0.6 is 11.6 Å². The van der Waals surface area contributed by atoms with Gasteiger partial charge in [-0.05, 0) is 30.7 Å². The van der Waals surface area contributed by atoms with Crippen molar-refractivity contribution in [1.29, 1.82) is 0 Å². The maximum Gasteiger partial charge on any atom is 0.124 e. The number of imidazole rings is 1. The summed E-state index contributed by atoms with van der Waals surface area (Å²) >= 11 is 6.08. The fourth-order valence-corrected chi connectivity index (χ4v) is 2.38. The molecular formula is C14H17ClFN3. The average molecular weight is 282 g/mol. The van der Waals surface area contributed by atoms with Crippen LogP contribution in [0, 0.1) is 5.82 Å². The second kappa shape index (κ2) is 6.17. The Hall–Kier alpha value is -1.39. The van der Waals surface area contributed by atoms with Gasteiger partial charge in [0.15, 0.2) is 0 Å². The molecule has 1 N–H and O–H groups in total. The Balaban J connectivity index is 2.24. The number of benzene rings is 1. The number of rotatable bonds is 5. The van der Waals surface area contributed by atoms with Crippen molar-refractivity contribution in [2.75, 3.05) is 6.54 Å². The maximum atomic E-state index is 13.1. The molecule has 0 saturated carbocycles. The summed E-state index contributed by atoms with van der Waals surface area (Å²) in [5, 5.41) is 3.87. The fraction of sp³-hybridized carbons (Fsp3) is 0.357. The third-order valence-electron chi connectivity index (χ3n) is 3.10. The first-order valence-corrected chi connectivity index (χ1v) is 6.63. The van der Waals surface area contributed by atoms with E-state index in [2.05, 4.69) is 17.2 Å². The van der Waals surface area contributed by atoms with E-state index in [1.54, 1.807) is 12.4 Å². The lowest BCUT2D eigenvalue weighted by atomic mass is 10.0. The molecule has 2 aromatic rings. The zero-order valence-electron chi connectivity index (χ0n) is 11.0. The number of nitrogens with zero attached hydrogens (tertiary/aromatic N) is 2. The van der Waals surface area contributed by atoms with Crippen LogP contribution in [-0.4, -0.2) is 16.1 Å². The van der Waals surface area contributed by atoms with Crippen molar-refractivity contribution in [1.82, 2.24) is 14.9 Å². The van der Waals surface area contributed by atoms with E-state index in [1.165, 1.54) is 12.1 Å². The summed E-state index contributed by atoms with van der Waals surface area (Å²) in [5.41, 5.74) is 2.01. The van der Waals surface area contributed by atoms with E-state index in [0.29, 0.717) is 11.4 Å². The van der Waals surface area contributed by atoms with Crippen molar-refractivity contribution in [3.63, 3.8) is 0 Å². The van der Waals surface area contributed by atoms with Crippen molar-refractivity contribution in [2.24, 2.45) is 7.05 Å². The van der Waals surface area contributed by atoms with Crippen LogP contribution in [0.2, 0.25) is 5.02 Å². The lowest BCUT2D eigenvalue weighted by Crippen LogP contribution is -2.25. The Morgan fingerprint density at radius 3 is 2.84 bits per heavy atom. The first kappa shape index (κ1) is 14.0. The van der Waals surface area contributed by atoms with E-state index in [4.69, 9.17) is 11.6 Å². The SMILES string of the molecule is CCNC(Cc1ccc(F)cc1Cl)c1cncn1C. The zero-order valence-corrected chi connectivity index (χ0v) is 11.8. The summed E-state index contributed by atoms with van der Waals surface area (Å²) in [4.78, 5) is 4.13. The Morgan fingerprint density at radius 1 is 1.47 bits per heavy atom. The van der Waals surface area contributed by atoms with Crippen LogP contribution in [0.5, 0.6) is 0 Å². The van der Waals surface area contributed by atoms with Crippen molar-refractivity contribution in [2.45, 2.75) is 19.4 Å². The average Bonchev–Trinajstić information content (AvgIpc) is 2.78. The molecule has 1 heterocycles. The Morgan fingerprint density at radius 2 is 2.26 bits per heavy atom. The smallest absolute Gasteiger partial charge is 0.124 e. The molecule has 0 saturated heterocycles. The quantitative estimate of drug-likeness (QED) is 0.913. The molecule has 0 aliphatic carbocycles. The number of nitrogens with one attached hydrogen (secondary N) is 1. The molecule has 0 bridgehead atoms. The summed E-state index contributed by atoms with van der Waals surface area (Å²) in [5.74, 6) is -0.311. The van der Waals surface area contributed by atoms with Gasteiger partial charge in [-0.3, -0.25) is 0 Å². The van der Waals surface area contributed by atoms with Crippen LogP contribution < -0.4 is 5.32 Å². The van der Waals surface area contributed by atoms with Crippen LogP contribution in [0.25, 0.3) is 0 Å². The van der Waals surface area contributed by atoms with Gasteiger partial charge in [-0.15, -0.1) is 0 Å². The van der Waals surface area contributed by atoms with E-state index in [9.17, 15) is 4.39 Å². The molecule has 2 rings (SSSR count). The molecule has 0 amide bonds. The number of hydrogen-bond donors (Lipinski definition) is 1. The van der Waals surface area contributed by atoms with Crippen LogP contribution in [0.1, 0.15) is 24.2 Å². The molecule has 3 nitrogen and oxygen atoms in total. The van der Waals surface area contributed by atoms with E-state index < -0.39 is 0 Å². The van der Waals surface area contributed by atoms with Gasteiger partial charge in [0.25, 0.3) is 0 Å². The first-order valence-electron chi connectivity index (χ1n) is 6.25. The molecule has 1 unspecified atom stereocenters. The monoisotopic (exact) mass is 281 g/mol. The minimum atomic E-state index is -0.311. The summed E-state index contributed by atoms with van der Waals surface area (Å²) in [6.07, 6.45) is 4.31. The van der Waals surface area contributed by atoms with E-state index in [0.717, 1.165) is 17.8 Å². The molecule has 0 aliphatic rings. The summed E-state index contributed by atoms with van der Waals surface area (Å²) < 4.78 is 15.0. The van der Waals surface area contributed by atoms with E-state index in [-0.39, 0.29) is 11.9 Å². The molecule has 1 aromatic carbocycles. The van der Waals surface area contributed by atoms with Crippen LogP contribution in [-0.2, 0) is 13.5 Å². The minimum Gasteiger partial charge on any atom is -0.336 e. The Bertz CT molecular complexity index is 553. The van der Waals surface area contributed by atoms with Crippen molar-refractivity contribution < 1.29 is 4.39 Å². The summed E-state index contributed by atoms with van der Waals surface area (Å²) in [6, 6.07) is 4.63. The Labute approximate surface area is 117 Å². The van der Waals surface area contributed by atoms with Crippen molar-refractivity contribution in [3.05, 3.63) is 52.8 Å². The van der Waals surface area contributed by atoms with Gasteiger partial charge < -0.3 is 9.88 Å². The molecule has 0 radical (unpaired) electrons. The van der Waals surface area contributed by atoms with Gasteiger partial charge in [-0.2, -0.15) is 0 Å². The van der Waals surface area contributed by atoms with Gasteiger partial charge in [0.2, 0.25) is 0 Å². The number of aromatic nitrogens is 2. The largest absolute Gasteiger partial charge is 0.336 e. The van der Waals surface area contributed by atoms with Crippen LogP contribution in [0.4, 0.5) is 4.39 Å². The van der Waals surface area contributed by atoms with E-state index >= 15 is 0 Å². The van der Waals surface area contributed by atoms with Gasteiger partial charge in [-0.25, -0.2) is 9.37 Å². The van der Waals surface area contributed by atoms with Gasteiger partial charge >= 0.3 is 0 Å². The van der Waals surface area contributed by atoms with Gasteiger partial charge in [0.1, 0.15) is 5.82 Å². The summed E-state index contributed by atoms with van der Waals surface area (Å²) in [7, 11) is 1.96. The molecule has 102 valence electrons. The standard InChI is InChI=1S/C14H17ClFN3/c1-3-18-13(14-8-17-9-19(14)2)6-10-4-5-11(16)7-12(10)15/h4-5,7-9,13,18H,3,6H2,1-2H3. The highest BCUT2D eigenvalue weighted by Gasteiger charge is 2.16. The molecule has 19 heavy (non-hydrogen) atoms. The predicted octanol–water partition coefficient (Wildman–Crippen LogP) is 3.11.